The van der Waals surface area contributed by atoms with Gasteiger partial charge in [0, 0.05) is 24.7 Å². The van der Waals surface area contributed by atoms with E-state index in [2.05, 4.69) is 0 Å². The lowest BCUT2D eigenvalue weighted by Crippen LogP contribution is -2.34. The summed E-state index contributed by atoms with van der Waals surface area (Å²) in [5, 5.41) is 0. The summed E-state index contributed by atoms with van der Waals surface area (Å²) in [6.07, 6.45) is 2.00. The number of carbonyl (C=O) groups excluding carboxylic acids is 1. The number of nitrogens with two attached hydrogens (primary N) is 1. The lowest BCUT2D eigenvalue weighted by atomic mass is 9.98. The first kappa shape index (κ1) is 13.5. The van der Waals surface area contributed by atoms with Crippen molar-refractivity contribution in [2.45, 2.75) is 25.3 Å². The molecule has 0 radical (unpaired) electrons. The molecule has 2 fully saturated rings. The van der Waals surface area contributed by atoms with Crippen LogP contribution in [0.3, 0.4) is 0 Å². The second kappa shape index (κ2) is 5.13. The molecule has 3 atom stereocenters. The predicted molar refractivity (Wildman–Crippen MR) is 70.8 cm³/mol. The van der Waals surface area contributed by atoms with Gasteiger partial charge in [-0.1, -0.05) is 12.1 Å². The van der Waals surface area contributed by atoms with E-state index in [9.17, 15) is 13.6 Å². The van der Waals surface area contributed by atoms with Gasteiger partial charge in [-0.15, -0.1) is 0 Å². The average Bonchev–Trinajstić information content (AvgIpc) is 2.98. The Balaban J connectivity index is 1.67. The number of amides is 1. The van der Waals surface area contributed by atoms with Gasteiger partial charge < -0.3 is 10.6 Å². The molecule has 1 aromatic carbocycles. The molecule has 1 aliphatic heterocycles. The summed E-state index contributed by atoms with van der Waals surface area (Å²) in [5.74, 6) is -1.12. The predicted octanol–water partition coefficient (Wildman–Crippen LogP) is 1.70. The zero-order valence-electron chi connectivity index (χ0n) is 11.2. The van der Waals surface area contributed by atoms with E-state index in [4.69, 9.17) is 5.73 Å². The van der Waals surface area contributed by atoms with Crippen molar-refractivity contribution in [1.29, 1.82) is 0 Å². The maximum absolute atomic E-state index is 13.6. The Hall–Kier alpha value is -1.49. The Morgan fingerprint density at radius 3 is 2.85 bits per heavy atom. The van der Waals surface area contributed by atoms with Crippen molar-refractivity contribution in [1.82, 2.24) is 4.90 Å². The number of nitrogens with zero attached hydrogens (tertiary/aromatic N) is 1. The van der Waals surface area contributed by atoms with Crippen molar-refractivity contribution in [2.24, 2.45) is 17.6 Å². The number of benzene rings is 1. The first-order valence-electron chi connectivity index (χ1n) is 7.02. The molecule has 3 rings (SSSR count). The first-order valence-corrected chi connectivity index (χ1v) is 7.02. The number of hydrogen-bond acceptors (Lipinski definition) is 2. The zero-order valence-corrected chi connectivity index (χ0v) is 11.2. The molecule has 20 heavy (non-hydrogen) atoms. The molecule has 3 nitrogen and oxygen atoms in total. The third-order valence-electron chi connectivity index (χ3n) is 4.64. The van der Waals surface area contributed by atoms with E-state index >= 15 is 0 Å². The highest BCUT2D eigenvalue weighted by molar-refractivity contribution is 5.79. The lowest BCUT2D eigenvalue weighted by Gasteiger charge is -2.19. The highest BCUT2D eigenvalue weighted by Crippen LogP contribution is 2.37. The minimum atomic E-state index is -0.919. The lowest BCUT2D eigenvalue weighted by molar-refractivity contribution is -0.129. The summed E-state index contributed by atoms with van der Waals surface area (Å²) in [6, 6.07) is 4.11. The van der Waals surface area contributed by atoms with Gasteiger partial charge in [0.05, 0.1) is 6.42 Å². The first-order chi connectivity index (χ1) is 9.56. The van der Waals surface area contributed by atoms with Gasteiger partial charge in [0.2, 0.25) is 5.91 Å². The van der Waals surface area contributed by atoms with Gasteiger partial charge in [0.15, 0.2) is 11.6 Å². The highest BCUT2D eigenvalue weighted by Gasteiger charge is 2.42. The van der Waals surface area contributed by atoms with Crippen molar-refractivity contribution in [3.8, 4) is 0 Å². The second-order valence-corrected chi connectivity index (χ2v) is 5.85. The smallest absolute Gasteiger partial charge is 0.227 e. The summed E-state index contributed by atoms with van der Waals surface area (Å²) < 4.78 is 26.7. The van der Waals surface area contributed by atoms with Gasteiger partial charge in [-0.05, 0) is 30.7 Å². The highest BCUT2D eigenvalue weighted by atomic mass is 19.2. The average molecular weight is 280 g/mol. The van der Waals surface area contributed by atoms with Crippen LogP contribution in [0.1, 0.15) is 18.4 Å². The number of fused-ring (bicyclic) bond motifs is 1. The molecule has 1 saturated carbocycles. The molecule has 108 valence electrons. The van der Waals surface area contributed by atoms with Crippen molar-refractivity contribution in [3.63, 3.8) is 0 Å². The minimum absolute atomic E-state index is 0.0850. The summed E-state index contributed by atoms with van der Waals surface area (Å²) in [5.41, 5.74) is 6.15. The van der Waals surface area contributed by atoms with Crippen LogP contribution in [-0.2, 0) is 11.2 Å². The number of carbonyl (C=O) groups is 1. The van der Waals surface area contributed by atoms with Crippen LogP contribution in [0.15, 0.2) is 18.2 Å². The fourth-order valence-electron chi connectivity index (χ4n) is 3.47. The third kappa shape index (κ3) is 2.30. The molecule has 1 amide bonds. The topological polar surface area (TPSA) is 46.3 Å². The van der Waals surface area contributed by atoms with Crippen LogP contribution >= 0.6 is 0 Å². The standard InChI is InChI=1S/C15H18F2N2O/c16-12-3-1-2-9(15(12)17)6-14(20)19-7-10-4-5-13(18)11(10)8-19/h1-3,10-11,13H,4-8,18H2. The molecular formula is C15H18F2N2O. The number of likely N-dealkylation sites (tertiary alicyclic amines) is 1. The fourth-order valence-corrected chi connectivity index (χ4v) is 3.47. The van der Waals surface area contributed by atoms with Gasteiger partial charge in [0.1, 0.15) is 0 Å². The van der Waals surface area contributed by atoms with Crippen molar-refractivity contribution >= 4 is 5.91 Å². The molecule has 1 saturated heterocycles. The SMILES string of the molecule is NC1CCC2CN(C(=O)Cc3cccc(F)c3F)CC12. The van der Waals surface area contributed by atoms with Gasteiger partial charge in [-0.2, -0.15) is 0 Å². The summed E-state index contributed by atoms with van der Waals surface area (Å²) >= 11 is 0. The molecule has 2 aliphatic rings. The molecule has 0 bridgehead atoms. The van der Waals surface area contributed by atoms with Crippen LogP contribution in [0.2, 0.25) is 0 Å². The molecule has 1 aromatic rings. The minimum Gasteiger partial charge on any atom is -0.342 e. The largest absolute Gasteiger partial charge is 0.342 e. The number of rotatable bonds is 2. The van der Waals surface area contributed by atoms with Crippen LogP contribution in [0.5, 0.6) is 0 Å². The van der Waals surface area contributed by atoms with Crippen LogP contribution in [0.25, 0.3) is 0 Å². The van der Waals surface area contributed by atoms with Crippen molar-refractivity contribution in [2.75, 3.05) is 13.1 Å². The third-order valence-corrected chi connectivity index (χ3v) is 4.64. The van der Waals surface area contributed by atoms with E-state index in [1.165, 1.54) is 12.1 Å². The van der Waals surface area contributed by atoms with Crippen LogP contribution < -0.4 is 5.73 Å². The van der Waals surface area contributed by atoms with Gasteiger partial charge in [0.25, 0.3) is 0 Å². The number of hydrogen-bond donors (Lipinski definition) is 1. The molecule has 0 aromatic heterocycles. The van der Waals surface area contributed by atoms with E-state index in [-0.39, 0.29) is 23.9 Å². The van der Waals surface area contributed by atoms with Crippen molar-refractivity contribution < 1.29 is 13.6 Å². The molecule has 1 heterocycles. The maximum Gasteiger partial charge on any atom is 0.227 e. The Labute approximate surface area is 116 Å². The number of halogens is 2. The van der Waals surface area contributed by atoms with Crippen LogP contribution in [0, 0.1) is 23.5 Å². The Kier molecular flexibility index (Phi) is 3.46. The monoisotopic (exact) mass is 280 g/mol. The zero-order chi connectivity index (χ0) is 14.3. The summed E-state index contributed by atoms with van der Waals surface area (Å²) in [4.78, 5) is 14.0. The molecule has 5 heteroatoms. The molecule has 2 N–H and O–H groups in total. The fraction of sp³-hybridized carbons (Fsp3) is 0.533. The van der Waals surface area contributed by atoms with Crippen molar-refractivity contribution in [3.05, 3.63) is 35.4 Å². The second-order valence-electron chi connectivity index (χ2n) is 5.85. The van der Waals surface area contributed by atoms with Crippen LogP contribution in [0.4, 0.5) is 8.78 Å². The summed E-state index contributed by atoms with van der Waals surface area (Å²) in [7, 11) is 0. The molecule has 0 spiro atoms. The van der Waals surface area contributed by atoms with Crippen LogP contribution in [-0.4, -0.2) is 29.9 Å². The molecular weight excluding hydrogens is 262 g/mol. The van der Waals surface area contributed by atoms with E-state index in [1.54, 1.807) is 4.90 Å². The van der Waals surface area contributed by atoms with E-state index in [1.807, 2.05) is 0 Å². The maximum atomic E-state index is 13.6. The molecule has 3 unspecified atom stereocenters. The van der Waals surface area contributed by atoms with E-state index in [0.29, 0.717) is 24.9 Å². The summed E-state index contributed by atoms with van der Waals surface area (Å²) in [6.45, 7) is 1.36. The van der Waals surface area contributed by atoms with Gasteiger partial charge in [-0.25, -0.2) is 8.78 Å². The van der Waals surface area contributed by atoms with Gasteiger partial charge >= 0.3 is 0 Å². The Morgan fingerprint density at radius 2 is 2.10 bits per heavy atom. The van der Waals surface area contributed by atoms with E-state index in [0.717, 1.165) is 18.9 Å². The van der Waals surface area contributed by atoms with E-state index < -0.39 is 11.6 Å². The van der Waals surface area contributed by atoms with Gasteiger partial charge in [-0.3, -0.25) is 4.79 Å². The molecule has 1 aliphatic carbocycles. The normalized spacial score (nSPS) is 28.8. The quantitative estimate of drug-likeness (QED) is 0.896. The Morgan fingerprint density at radius 1 is 1.30 bits per heavy atom. The Bertz CT molecular complexity index is 535.